The summed E-state index contributed by atoms with van der Waals surface area (Å²) in [6, 6.07) is 13.8. The zero-order chi connectivity index (χ0) is 22.6. The van der Waals surface area contributed by atoms with E-state index in [2.05, 4.69) is 15.5 Å². The highest BCUT2D eigenvalue weighted by Crippen LogP contribution is 2.25. The summed E-state index contributed by atoms with van der Waals surface area (Å²) in [7, 11) is -3.70. The number of benzene rings is 2. The number of anilines is 1. The van der Waals surface area contributed by atoms with Gasteiger partial charge < -0.3 is 9.84 Å². The summed E-state index contributed by atoms with van der Waals surface area (Å²) in [5.74, 6) is 0.217. The van der Waals surface area contributed by atoms with Crippen molar-refractivity contribution in [2.75, 3.05) is 10.6 Å². The van der Waals surface area contributed by atoms with Crippen LogP contribution in [0.3, 0.4) is 0 Å². The Morgan fingerprint density at radius 3 is 2.45 bits per heavy atom. The molecule has 8 nitrogen and oxygen atoms in total. The number of hydrogen-bond acceptors (Lipinski definition) is 6. The van der Waals surface area contributed by atoms with Crippen LogP contribution in [0.4, 0.5) is 5.69 Å². The van der Waals surface area contributed by atoms with Crippen LogP contribution in [0.2, 0.25) is 0 Å². The van der Waals surface area contributed by atoms with Gasteiger partial charge in [-0.1, -0.05) is 48.5 Å². The van der Waals surface area contributed by atoms with Crippen molar-refractivity contribution in [2.24, 2.45) is 0 Å². The Balaban J connectivity index is 1.78. The molecule has 9 heteroatoms. The van der Waals surface area contributed by atoms with Crippen LogP contribution in [0.25, 0.3) is 11.4 Å². The van der Waals surface area contributed by atoms with Crippen LogP contribution in [0.1, 0.15) is 30.4 Å². The van der Waals surface area contributed by atoms with Gasteiger partial charge in [-0.2, -0.15) is 4.98 Å². The predicted octanol–water partition coefficient (Wildman–Crippen LogP) is 3.21. The third kappa shape index (κ3) is 5.29. The fraction of sp³-hybridized carbons (Fsp3) is 0.318. The summed E-state index contributed by atoms with van der Waals surface area (Å²) < 4.78 is 31.5. The molecule has 1 N–H and O–H groups in total. The quantitative estimate of drug-likeness (QED) is 0.574. The van der Waals surface area contributed by atoms with Crippen LogP contribution >= 0.6 is 0 Å². The monoisotopic (exact) mass is 442 g/mol. The summed E-state index contributed by atoms with van der Waals surface area (Å²) in [6.07, 6.45) is 1.40. The van der Waals surface area contributed by atoms with E-state index in [0.717, 1.165) is 27.3 Å². The molecule has 0 fully saturated rings. The van der Waals surface area contributed by atoms with E-state index in [1.165, 1.54) is 0 Å². The Bertz CT molecular complexity index is 1160. The van der Waals surface area contributed by atoms with E-state index in [-0.39, 0.29) is 12.4 Å². The van der Waals surface area contributed by atoms with Crippen molar-refractivity contribution in [1.29, 1.82) is 0 Å². The Labute approximate surface area is 182 Å². The van der Waals surface area contributed by atoms with Gasteiger partial charge in [0.2, 0.25) is 27.6 Å². The molecule has 0 aliphatic carbocycles. The van der Waals surface area contributed by atoms with E-state index in [1.807, 2.05) is 50.2 Å². The highest BCUT2D eigenvalue weighted by molar-refractivity contribution is 7.92. The molecule has 3 aromatic rings. The van der Waals surface area contributed by atoms with Gasteiger partial charge in [-0.25, -0.2) is 8.42 Å². The molecule has 0 radical (unpaired) electrons. The molecule has 0 saturated carbocycles. The summed E-state index contributed by atoms with van der Waals surface area (Å²) in [5.41, 5.74) is 3.24. The Hall–Kier alpha value is -3.20. The molecule has 0 spiro atoms. The summed E-state index contributed by atoms with van der Waals surface area (Å²) in [6.45, 7) is 5.62. The molecule has 2 aromatic carbocycles. The lowest BCUT2D eigenvalue weighted by molar-refractivity contribution is -0.122. The van der Waals surface area contributed by atoms with E-state index >= 15 is 0 Å². The minimum absolute atomic E-state index is 0.000303. The van der Waals surface area contributed by atoms with Crippen molar-refractivity contribution in [3.05, 3.63) is 65.5 Å². The molecule has 1 amide bonds. The van der Waals surface area contributed by atoms with Crippen LogP contribution in [0, 0.1) is 13.8 Å². The SMILES string of the molecule is CC[C@H](C(=O)NCc1nc(-c2ccccc2)no1)N(c1ccc(C)c(C)c1)S(C)(=O)=O. The molecule has 164 valence electrons. The zero-order valence-electron chi connectivity index (χ0n) is 18.0. The van der Waals surface area contributed by atoms with Gasteiger partial charge in [0, 0.05) is 5.56 Å². The Morgan fingerprint density at radius 2 is 1.84 bits per heavy atom. The van der Waals surface area contributed by atoms with E-state index in [0.29, 0.717) is 17.9 Å². The summed E-state index contributed by atoms with van der Waals surface area (Å²) in [4.78, 5) is 17.2. The second kappa shape index (κ2) is 9.30. The van der Waals surface area contributed by atoms with Crippen molar-refractivity contribution >= 4 is 21.6 Å². The highest BCUT2D eigenvalue weighted by atomic mass is 32.2. The first-order valence-electron chi connectivity index (χ1n) is 9.93. The molecule has 0 saturated heterocycles. The van der Waals surface area contributed by atoms with Crippen molar-refractivity contribution < 1.29 is 17.7 Å². The van der Waals surface area contributed by atoms with Crippen molar-refractivity contribution in [3.63, 3.8) is 0 Å². The number of aromatic nitrogens is 2. The second-order valence-corrected chi connectivity index (χ2v) is 9.21. The van der Waals surface area contributed by atoms with Crippen LogP contribution in [-0.4, -0.2) is 36.8 Å². The highest BCUT2D eigenvalue weighted by Gasteiger charge is 2.31. The largest absolute Gasteiger partial charge is 0.345 e. The molecular formula is C22H26N4O4S. The smallest absolute Gasteiger partial charge is 0.246 e. The third-order valence-corrected chi connectivity index (χ3v) is 6.17. The molecule has 0 unspecified atom stereocenters. The molecular weight excluding hydrogens is 416 g/mol. The second-order valence-electron chi connectivity index (χ2n) is 7.35. The number of carbonyl (C=O) groups is 1. The molecule has 0 bridgehead atoms. The first-order chi connectivity index (χ1) is 14.7. The number of nitrogens with zero attached hydrogens (tertiary/aromatic N) is 3. The average molecular weight is 443 g/mol. The van der Waals surface area contributed by atoms with E-state index in [4.69, 9.17) is 4.52 Å². The number of amides is 1. The minimum Gasteiger partial charge on any atom is -0.345 e. The molecule has 31 heavy (non-hydrogen) atoms. The molecule has 0 aliphatic rings. The number of hydrogen-bond donors (Lipinski definition) is 1. The third-order valence-electron chi connectivity index (χ3n) is 4.99. The summed E-state index contributed by atoms with van der Waals surface area (Å²) >= 11 is 0. The van der Waals surface area contributed by atoms with Crippen LogP contribution < -0.4 is 9.62 Å². The van der Waals surface area contributed by atoms with Gasteiger partial charge in [0.1, 0.15) is 6.04 Å². The fourth-order valence-electron chi connectivity index (χ4n) is 3.23. The van der Waals surface area contributed by atoms with Gasteiger partial charge in [-0.3, -0.25) is 9.10 Å². The van der Waals surface area contributed by atoms with Crippen molar-refractivity contribution in [3.8, 4) is 11.4 Å². The molecule has 1 atom stereocenters. The maximum Gasteiger partial charge on any atom is 0.246 e. The van der Waals surface area contributed by atoms with E-state index < -0.39 is 22.0 Å². The number of sulfonamides is 1. The number of carbonyl (C=O) groups excluding carboxylic acids is 1. The van der Waals surface area contributed by atoms with Gasteiger partial charge in [-0.05, 0) is 43.5 Å². The number of nitrogens with one attached hydrogen (secondary N) is 1. The van der Waals surface area contributed by atoms with Crippen molar-refractivity contribution in [1.82, 2.24) is 15.5 Å². The number of aryl methyl sites for hydroxylation is 2. The van der Waals surface area contributed by atoms with Crippen LogP contribution in [0.5, 0.6) is 0 Å². The first-order valence-corrected chi connectivity index (χ1v) is 11.8. The summed E-state index contributed by atoms with van der Waals surface area (Å²) in [5, 5.41) is 6.65. The molecule has 1 aromatic heterocycles. The van der Waals surface area contributed by atoms with E-state index in [9.17, 15) is 13.2 Å². The van der Waals surface area contributed by atoms with Gasteiger partial charge >= 0.3 is 0 Å². The molecule has 0 aliphatic heterocycles. The standard InChI is InChI=1S/C22H26N4O4S/c1-5-19(26(31(4,28)29)18-12-11-15(2)16(3)13-18)22(27)23-14-20-24-21(25-30-20)17-9-7-6-8-10-17/h6-13,19H,5,14H2,1-4H3,(H,23,27)/t19-/m1/s1. The molecule has 3 rings (SSSR count). The van der Waals surface area contributed by atoms with Gasteiger partial charge in [0.15, 0.2) is 0 Å². The van der Waals surface area contributed by atoms with Crippen LogP contribution in [0.15, 0.2) is 53.1 Å². The fourth-order valence-corrected chi connectivity index (χ4v) is 4.44. The van der Waals surface area contributed by atoms with Crippen LogP contribution in [-0.2, 0) is 21.4 Å². The molecule has 1 heterocycles. The van der Waals surface area contributed by atoms with Crippen molar-refractivity contribution in [2.45, 2.75) is 39.8 Å². The maximum atomic E-state index is 12.9. The lowest BCUT2D eigenvalue weighted by Gasteiger charge is -2.30. The predicted molar refractivity (Wildman–Crippen MR) is 119 cm³/mol. The normalized spacial score (nSPS) is 12.4. The first kappa shape index (κ1) is 22.5. The average Bonchev–Trinajstić information content (AvgIpc) is 3.21. The lowest BCUT2D eigenvalue weighted by atomic mass is 10.1. The topological polar surface area (TPSA) is 105 Å². The Kier molecular flexibility index (Phi) is 6.74. The Morgan fingerprint density at radius 1 is 1.13 bits per heavy atom. The van der Waals surface area contributed by atoms with Gasteiger partial charge in [0.05, 0.1) is 18.5 Å². The van der Waals surface area contributed by atoms with Gasteiger partial charge in [-0.15, -0.1) is 0 Å². The van der Waals surface area contributed by atoms with E-state index in [1.54, 1.807) is 19.1 Å². The zero-order valence-corrected chi connectivity index (χ0v) is 18.8. The van der Waals surface area contributed by atoms with Gasteiger partial charge in [0.25, 0.3) is 0 Å². The lowest BCUT2D eigenvalue weighted by Crippen LogP contribution is -2.49. The maximum absolute atomic E-state index is 12.9. The minimum atomic E-state index is -3.70. The number of rotatable bonds is 8.